The Bertz CT molecular complexity index is 1070. The quantitative estimate of drug-likeness (QED) is 0.620. The van der Waals surface area contributed by atoms with Gasteiger partial charge in [-0.3, -0.25) is 0 Å². The van der Waals surface area contributed by atoms with Gasteiger partial charge in [0, 0.05) is 16.8 Å². The molecule has 2 aliphatic rings. The van der Waals surface area contributed by atoms with E-state index in [9.17, 15) is 21.6 Å². The van der Waals surface area contributed by atoms with Gasteiger partial charge < -0.3 is 0 Å². The summed E-state index contributed by atoms with van der Waals surface area (Å²) in [7, 11) is -3.72. The van der Waals surface area contributed by atoms with Gasteiger partial charge in [0.15, 0.2) is 21.3 Å². The van der Waals surface area contributed by atoms with Crippen molar-refractivity contribution in [2.45, 2.75) is 61.7 Å². The van der Waals surface area contributed by atoms with Crippen LogP contribution in [0.15, 0.2) is 35.3 Å². The van der Waals surface area contributed by atoms with Crippen LogP contribution in [0.2, 0.25) is 5.02 Å². The monoisotopic (exact) mass is 459 g/mol. The average Bonchev–Trinajstić information content (AvgIpc) is 3.12. The Morgan fingerprint density at radius 3 is 2.33 bits per heavy atom. The minimum Gasteiger partial charge on any atom is -0.238 e. The molecule has 0 N–H and O–H groups in total. The Balaban J connectivity index is 1.88. The molecule has 5 nitrogen and oxygen atoms in total. The molecule has 2 heterocycles. The summed E-state index contributed by atoms with van der Waals surface area (Å²) in [6, 6.07) is 6.36. The van der Waals surface area contributed by atoms with Crippen LogP contribution in [0.5, 0.6) is 0 Å². The zero-order valence-corrected chi connectivity index (χ0v) is 17.8. The molecule has 1 fully saturated rings. The largest absolute Gasteiger partial charge is 0.435 e. The molecule has 2 aromatic rings. The van der Waals surface area contributed by atoms with E-state index >= 15 is 0 Å². The minimum absolute atomic E-state index is 0.00475. The number of sulfone groups is 1. The van der Waals surface area contributed by atoms with Gasteiger partial charge >= 0.3 is 6.18 Å². The van der Waals surface area contributed by atoms with E-state index in [0.29, 0.717) is 23.4 Å². The normalized spacial score (nSPS) is 23.2. The van der Waals surface area contributed by atoms with Gasteiger partial charge in [-0.05, 0) is 37.5 Å². The molecule has 0 spiro atoms. The third-order valence-corrected chi connectivity index (χ3v) is 8.80. The van der Waals surface area contributed by atoms with E-state index in [1.54, 1.807) is 31.2 Å². The van der Waals surface area contributed by atoms with Crippen LogP contribution in [0, 0.1) is 0 Å². The Hall–Kier alpha value is -1.87. The zero-order valence-electron chi connectivity index (χ0n) is 16.2. The molecule has 1 aromatic heterocycles. The van der Waals surface area contributed by atoms with Crippen molar-refractivity contribution in [3.05, 3.63) is 46.6 Å². The molecule has 4 rings (SSSR count). The van der Waals surface area contributed by atoms with Gasteiger partial charge in [-0.15, -0.1) is 0 Å². The SMILES string of the molecule is CC1=Nc2cc(C(F)(F)F)nn2C(c2ccc(Cl)cc2)C1S(=O)(=O)C1CCCCC1. The average molecular weight is 460 g/mol. The fourth-order valence-electron chi connectivity index (χ4n) is 4.41. The van der Waals surface area contributed by atoms with Crippen molar-refractivity contribution in [2.24, 2.45) is 4.99 Å². The standard InChI is InChI=1S/C20H21ClF3N3O2S/c1-12-19(30(28,29)15-5-3-2-4-6-15)18(13-7-9-14(21)10-8-13)27-17(25-12)11-16(26-27)20(22,23)24/h7-11,15,18-19H,2-6H2,1H3. The number of alkyl halides is 3. The third-order valence-electron chi connectivity index (χ3n) is 5.84. The summed E-state index contributed by atoms with van der Waals surface area (Å²) < 4.78 is 68.3. The van der Waals surface area contributed by atoms with Gasteiger partial charge in [-0.25, -0.2) is 18.1 Å². The second kappa shape index (κ2) is 7.67. The molecule has 2 atom stereocenters. The van der Waals surface area contributed by atoms with Crippen molar-refractivity contribution in [1.82, 2.24) is 9.78 Å². The lowest BCUT2D eigenvalue weighted by molar-refractivity contribution is -0.141. The summed E-state index contributed by atoms with van der Waals surface area (Å²) in [5.74, 6) is -0.00475. The van der Waals surface area contributed by atoms with Crippen molar-refractivity contribution >= 4 is 33.0 Å². The lowest BCUT2D eigenvalue weighted by atomic mass is 9.99. The maximum Gasteiger partial charge on any atom is 0.435 e. The molecule has 1 saturated carbocycles. The highest BCUT2D eigenvalue weighted by Gasteiger charge is 2.47. The molecule has 0 amide bonds. The van der Waals surface area contributed by atoms with E-state index < -0.39 is 38.2 Å². The van der Waals surface area contributed by atoms with Gasteiger partial charge in [-0.1, -0.05) is 43.0 Å². The van der Waals surface area contributed by atoms with Crippen LogP contribution in [-0.2, 0) is 16.0 Å². The van der Waals surface area contributed by atoms with Crippen molar-refractivity contribution in [1.29, 1.82) is 0 Å². The second-order valence-corrected chi connectivity index (χ2v) is 10.6. The maximum atomic E-state index is 13.6. The molecule has 0 radical (unpaired) electrons. The van der Waals surface area contributed by atoms with Crippen LogP contribution in [0.3, 0.4) is 0 Å². The summed E-state index contributed by atoms with van der Waals surface area (Å²) in [4.78, 5) is 4.23. The smallest absolute Gasteiger partial charge is 0.238 e. The number of nitrogens with zero attached hydrogens (tertiary/aromatic N) is 3. The van der Waals surface area contributed by atoms with Crippen molar-refractivity contribution in [2.75, 3.05) is 0 Å². The third kappa shape index (κ3) is 3.77. The fourth-order valence-corrected chi connectivity index (χ4v) is 7.10. The van der Waals surface area contributed by atoms with Crippen LogP contribution in [0.25, 0.3) is 0 Å². The van der Waals surface area contributed by atoms with Crippen molar-refractivity contribution in [3.8, 4) is 0 Å². The number of aromatic nitrogens is 2. The first-order chi connectivity index (χ1) is 14.1. The van der Waals surface area contributed by atoms with E-state index in [-0.39, 0.29) is 11.5 Å². The fraction of sp³-hybridized carbons (Fsp3) is 0.500. The van der Waals surface area contributed by atoms with Crippen LogP contribution in [-0.4, -0.2) is 34.4 Å². The Labute approximate surface area is 177 Å². The summed E-state index contributed by atoms with van der Waals surface area (Å²) in [5.41, 5.74) is -0.290. The van der Waals surface area contributed by atoms with E-state index in [4.69, 9.17) is 11.6 Å². The molecule has 30 heavy (non-hydrogen) atoms. The first-order valence-corrected chi connectivity index (χ1v) is 11.8. The molecule has 0 saturated heterocycles. The second-order valence-electron chi connectivity index (χ2n) is 7.85. The van der Waals surface area contributed by atoms with Crippen LogP contribution >= 0.6 is 11.6 Å². The molecular formula is C20H21ClF3N3O2S. The molecule has 10 heteroatoms. The highest BCUT2D eigenvalue weighted by molar-refractivity contribution is 7.93. The topological polar surface area (TPSA) is 64.3 Å². The molecule has 1 aliphatic carbocycles. The highest BCUT2D eigenvalue weighted by Crippen LogP contribution is 2.41. The molecule has 1 aliphatic heterocycles. The van der Waals surface area contributed by atoms with Gasteiger partial charge in [0.1, 0.15) is 11.3 Å². The van der Waals surface area contributed by atoms with Gasteiger partial charge in [-0.2, -0.15) is 18.3 Å². The van der Waals surface area contributed by atoms with E-state index in [1.165, 1.54) is 0 Å². The molecule has 2 unspecified atom stereocenters. The van der Waals surface area contributed by atoms with E-state index in [1.807, 2.05) is 0 Å². The molecule has 162 valence electrons. The van der Waals surface area contributed by atoms with Crippen molar-refractivity contribution in [3.63, 3.8) is 0 Å². The van der Waals surface area contributed by atoms with Gasteiger partial charge in [0.05, 0.1) is 5.25 Å². The predicted octanol–water partition coefficient (Wildman–Crippen LogP) is 5.37. The highest BCUT2D eigenvalue weighted by atomic mass is 35.5. The number of halogens is 4. The zero-order chi connectivity index (χ0) is 21.7. The number of fused-ring (bicyclic) bond motifs is 1. The summed E-state index contributed by atoms with van der Waals surface area (Å²) in [6.45, 7) is 1.57. The minimum atomic E-state index is -4.66. The lowest BCUT2D eigenvalue weighted by Gasteiger charge is -2.35. The number of hydrogen-bond donors (Lipinski definition) is 0. The number of hydrogen-bond acceptors (Lipinski definition) is 4. The Morgan fingerprint density at radius 2 is 1.73 bits per heavy atom. The number of rotatable bonds is 3. The van der Waals surface area contributed by atoms with Crippen LogP contribution in [0.4, 0.5) is 19.0 Å². The molecule has 1 aromatic carbocycles. The van der Waals surface area contributed by atoms with E-state index in [2.05, 4.69) is 10.1 Å². The summed E-state index contributed by atoms with van der Waals surface area (Å²) in [5, 5.41) is 2.56. The number of benzene rings is 1. The van der Waals surface area contributed by atoms with Crippen LogP contribution < -0.4 is 0 Å². The van der Waals surface area contributed by atoms with E-state index in [0.717, 1.165) is 30.0 Å². The first-order valence-electron chi connectivity index (χ1n) is 9.79. The van der Waals surface area contributed by atoms with Crippen LogP contribution in [0.1, 0.15) is 56.3 Å². The van der Waals surface area contributed by atoms with Gasteiger partial charge in [0.25, 0.3) is 0 Å². The predicted molar refractivity (Wildman–Crippen MR) is 109 cm³/mol. The lowest BCUT2D eigenvalue weighted by Crippen LogP contribution is -2.45. The van der Waals surface area contributed by atoms with Crippen molar-refractivity contribution < 1.29 is 21.6 Å². The number of aliphatic imine (C=N–C) groups is 1. The maximum absolute atomic E-state index is 13.6. The first kappa shape index (κ1) is 21.4. The summed E-state index contributed by atoms with van der Waals surface area (Å²) in [6.07, 6.45) is -0.912. The summed E-state index contributed by atoms with van der Waals surface area (Å²) >= 11 is 5.98. The Kier molecular flexibility index (Phi) is 5.47. The molecular weight excluding hydrogens is 439 g/mol. The van der Waals surface area contributed by atoms with Gasteiger partial charge in [0.2, 0.25) is 0 Å². The Morgan fingerprint density at radius 1 is 1.10 bits per heavy atom. The molecule has 0 bridgehead atoms.